The van der Waals surface area contributed by atoms with Crippen molar-refractivity contribution in [2.24, 2.45) is 0 Å². The quantitative estimate of drug-likeness (QED) is 0.573. The van der Waals surface area contributed by atoms with Crippen LogP contribution in [-0.4, -0.2) is 19.6 Å². The lowest BCUT2D eigenvalue weighted by atomic mass is 10.2. The maximum atomic E-state index is 13.6. The summed E-state index contributed by atoms with van der Waals surface area (Å²) < 4.78 is 50.2. The molecular formula is C18H15ClF3NO3. The Labute approximate surface area is 153 Å². The summed E-state index contributed by atoms with van der Waals surface area (Å²) in [7, 11) is 1.45. The highest BCUT2D eigenvalue weighted by atomic mass is 35.5. The molecule has 138 valence electrons. The number of amides is 1. The van der Waals surface area contributed by atoms with Gasteiger partial charge in [-0.15, -0.1) is 0 Å². The van der Waals surface area contributed by atoms with E-state index < -0.39 is 29.0 Å². The molecule has 0 aliphatic rings. The second-order valence-electron chi connectivity index (χ2n) is 5.01. The molecule has 1 N–H and O–H groups in total. The van der Waals surface area contributed by atoms with Gasteiger partial charge in [0.25, 0.3) is 0 Å². The van der Waals surface area contributed by atoms with Crippen LogP contribution in [0, 0.1) is 17.5 Å². The third-order valence-electron chi connectivity index (χ3n) is 3.26. The van der Waals surface area contributed by atoms with E-state index in [1.54, 1.807) is 19.1 Å². The summed E-state index contributed by atoms with van der Waals surface area (Å²) in [6, 6.07) is 4.80. The number of halogens is 4. The van der Waals surface area contributed by atoms with Crippen LogP contribution in [-0.2, 0) is 4.79 Å². The van der Waals surface area contributed by atoms with Crippen LogP contribution in [0.25, 0.3) is 6.08 Å². The minimum absolute atomic E-state index is 0.283. The third-order valence-corrected chi connectivity index (χ3v) is 3.54. The second-order valence-corrected chi connectivity index (χ2v) is 5.42. The number of hydrogen-bond acceptors (Lipinski definition) is 3. The molecule has 0 heterocycles. The zero-order valence-electron chi connectivity index (χ0n) is 13.9. The van der Waals surface area contributed by atoms with Gasteiger partial charge in [0, 0.05) is 6.08 Å². The number of anilines is 1. The van der Waals surface area contributed by atoms with Gasteiger partial charge >= 0.3 is 0 Å². The molecule has 26 heavy (non-hydrogen) atoms. The summed E-state index contributed by atoms with van der Waals surface area (Å²) in [6.45, 7) is 2.18. The van der Waals surface area contributed by atoms with Crippen molar-refractivity contribution in [3.05, 3.63) is 58.4 Å². The Hall–Kier alpha value is -2.67. The van der Waals surface area contributed by atoms with Crippen molar-refractivity contribution in [3.8, 4) is 11.5 Å². The second kappa shape index (κ2) is 8.62. The van der Waals surface area contributed by atoms with Crippen molar-refractivity contribution in [2.45, 2.75) is 6.92 Å². The van der Waals surface area contributed by atoms with Gasteiger partial charge in [-0.05, 0) is 42.8 Å². The number of ether oxygens (including phenoxy) is 2. The predicted octanol–water partition coefficient (Wildman–Crippen LogP) is 4.82. The van der Waals surface area contributed by atoms with Gasteiger partial charge < -0.3 is 14.8 Å². The zero-order valence-corrected chi connectivity index (χ0v) is 14.7. The van der Waals surface area contributed by atoms with Gasteiger partial charge in [-0.2, -0.15) is 0 Å². The van der Waals surface area contributed by atoms with Crippen molar-refractivity contribution in [1.29, 1.82) is 0 Å². The van der Waals surface area contributed by atoms with Crippen LogP contribution in [0.2, 0.25) is 5.02 Å². The van der Waals surface area contributed by atoms with Gasteiger partial charge in [0.2, 0.25) is 5.91 Å². The van der Waals surface area contributed by atoms with E-state index in [0.717, 1.165) is 18.2 Å². The molecule has 0 bridgehead atoms. The first kappa shape index (κ1) is 19.7. The largest absolute Gasteiger partial charge is 0.491 e. The summed E-state index contributed by atoms with van der Waals surface area (Å²) in [5.74, 6) is -4.45. The number of rotatable bonds is 6. The molecule has 0 spiro atoms. The fraction of sp³-hybridized carbons (Fsp3) is 0.167. The number of carbonyl (C=O) groups excluding carboxylic acids is 1. The van der Waals surface area contributed by atoms with Crippen molar-refractivity contribution in [2.75, 3.05) is 19.0 Å². The zero-order chi connectivity index (χ0) is 19.3. The van der Waals surface area contributed by atoms with E-state index in [1.165, 1.54) is 13.2 Å². The molecule has 2 aromatic carbocycles. The van der Waals surface area contributed by atoms with E-state index >= 15 is 0 Å². The smallest absolute Gasteiger partial charge is 0.248 e. The topological polar surface area (TPSA) is 47.6 Å². The van der Waals surface area contributed by atoms with Crippen LogP contribution in [0.5, 0.6) is 11.5 Å². The van der Waals surface area contributed by atoms with Crippen LogP contribution in [0.1, 0.15) is 12.5 Å². The molecule has 0 atom stereocenters. The van der Waals surface area contributed by atoms with Gasteiger partial charge in [0.05, 0.1) is 24.4 Å². The molecule has 2 aromatic rings. The molecular weight excluding hydrogens is 371 g/mol. The third kappa shape index (κ3) is 4.49. The van der Waals surface area contributed by atoms with E-state index in [2.05, 4.69) is 5.32 Å². The molecule has 2 rings (SSSR count). The van der Waals surface area contributed by atoms with Crippen molar-refractivity contribution < 1.29 is 27.4 Å². The predicted molar refractivity (Wildman–Crippen MR) is 93.2 cm³/mol. The molecule has 8 heteroatoms. The lowest BCUT2D eigenvalue weighted by molar-refractivity contribution is -0.111. The fourth-order valence-electron chi connectivity index (χ4n) is 2.11. The number of benzene rings is 2. The standard InChI is InChI=1S/C18H15ClF3NO3/c1-3-26-14-9-10(8-11(19)18(14)25-2)4-7-15(24)23-13-6-5-12(20)16(21)17(13)22/h4-9H,3H2,1-2H3,(H,23,24)/b7-4+. The van der Waals surface area contributed by atoms with E-state index in [9.17, 15) is 18.0 Å². The molecule has 0 aromatic heterocycles. The van der Waals surface area contributed by atoms with Gasteiger partial charge in [-0.3, -0.25) is 4.79 Å². The molecule has 0 radical (unpaired) electrons. The van der Waals surface area contributed by atoms with Crippen molar-refractivity contribution in [3.63, 3.8) is 0 Å². The fourth-order valence-corrected chi connectivity index (χ4v) is 2.41. The first-order valence-corrected chi connectivity index (χ1v) is 7.88. The highest BCUT2D eigenvalue weighted by Gasteiger charge is 2.14. The van der Waals surface area contributed by atoms with Crippen LogP contribution < -0.4 is 14.8 Å². The Morgan fingerprint density at radius 3 is 2.62 bits per heavy atom. The van der Waals surface area contributed by atoms with E-state index in [4.69, 9.17) is 21.1 Å². The van der Waals surface area contributed by atoms with Crippen LogP contribution in [0.15, 0.2) is 30.3 Å². The molecule has 0 saturated carbocycles. The molecule has 0 aliphatic heterocycles. The molecule has 1 amide bonds. The number of carbonyl (C=O) groups is 1. The minimum Gasteiger partial charge on any atom is -0.491 e. The summed E-state index contributed by atoms with van der Waals surface area (Å²) in [6.07, 6.45) is 2.50. The number of nitrogens with one attached hydrogen (secondary N) is 1. The lowest BCUT2D eigenvalue weighted by Gasteiger charge is -2.11. The summed E-state index contributed by atoms with van der Waals surface area (Å²) >= 11 is 6.10. The van der Waals surface area contributed by atoms with Crippen LogP contribution in [0.3, 0.4) is 0 Å². The average Bonchev–Trinajstić information content (AvgIpc) is 2.61. The van der Waals surface area contributed by atoms with Gasteiger partial charge in [0.1, 0.15) is 0 Å². The van der Waals surface area contributed by atoms with Gasteiger partial charge in [-0.1, -0.05) is 11.6 Å². The molecule has 4 nitrogen and oxygen atoms in total. The number of hydrogen-bond donors (Lipinski definition) is 1. The Morgan fingerprint density at radius 1 is 1.23 bits per heavy atom. The maximum Gasteiger partial charge on any atom is 0.248 e. The maximum absolute atomic E-state index is 13.6. The Kier molecular flexibility index (Phi) is 6.52. The summed E-state index contributed by atoms with van der Waals surface area (Å²) in [4.78, 5) is 11.9. The average molecular weight is 386 g/mol. The Bertz CT molecular complexity index is 856. The monoisotopic (exact) mass is 385 g/mol. The SMILES string of the molecule is CCOc1cc(/C=C/C(=O)Nc2ccc(F)c(F)c2F)cc(Cl)c1OC. The normalized spacial score (nSPS) is 10.8. The lowest BCUT2D eigenvalue weighted by Crippen LogP contribution is -2.10. The molecule has 0 saturated heterocycles. The van der Waals surface area contributed by atoms with Crippen LogP contribution in [0.4, 0.5) is 18.9 Å². The molecule has 0 unspecified atom stereocenters. The first-order chi connectivity index (χ1) is 12.4. The van der Waals surface area contributed by atoms with E-state index in [1.807, 2.05) is 0 Å². The van der Waals surface area contributed by atoms with Crippen molar-refractivity contribution in [1.82, 2.24) is 0 Å². The van der Waals surface area contributed by atoms with E-state index in [0.29, 0.717) is 23.7 Å². The van der Waals surface area contributed by atoms with E-state index in [-0.39, 0.29) is 5.02 Å². The number of methoxy groups -OCH3 is 1. The first-order valence-electron chi connectivity index (χ1n) is 7.50. The Balaban J connectivity index is 2.19. The Morgan fingerprint density at radius 2 is 1.96 bits per heavy atom. The van der Waals surface area contributed by atoms with Gasteiger partial charge in [0.15, 0.2) is 29.0 Å². The highest BCUT2D eigenvalue weighted by molar-refractivity contribution is 6.32. The minimum atomic E-state index is -1.66. The summed E-state index contributed by atoms with van der Waals surface area (Å²) in [5.41, 5.74) is 0.0569. The van der Waals surface area contributed by atoms with Crippen LogP contribution >= 0.6 is 11.6 Å². The summed E-state index contributed by atoms with van der Waals surface area (Å²) in [5, 5.41) is 2.41. The van der Waals surface area contributed by atoms with Crippen molar-refractivity contribution >= 4 is 29.3 Å². The molecule has 0 aliphatic carbocycles. The highest BCUT2D eigenvalue weighted by Crippen LogP contribution is 2.36. The van der Waals surface area contributed by atoms with Gasteiger partial charge in [-0.25, -0.2) is 13.2 Å². The molecule has 0 fully saturated rings.